The zero-order valence-corrected chi connectivity index (χ0v) is 16.0. The monoisotopic (exact) mass is 404 g/mol. The highest BCUT2D eigenvalue weighted by molar-refractivity contribution is 5.94. The Morgan fingerprint density at radius 2 is 1.39 bits per heavy atom. The maximum atomic E-state index is 12.2. The van der Waals surface area contributed by atoms with Crippen molar-refractivity contribution in [1.29, 1.82) is 0 Å². The van der Waals surface area contributed by atoms with Gasteiger partial charge in [-0.3, -0.25) is 19.2 Å². The van der Waals surface area contributed by atoms with Crippen LogP contribution in [0.3, 0.4) is 0 Å². The van der Waals surface area contributed by atoms with Crippen LogP contribution in [0, 0.1) is 5.92 Å². The number of aliphatic hydroxyl groups excluding tert-OH is 1. The summed E-state index contributed by atoms with van der Waals surface area (Å²) in [6, 6.07) is -5.17. The molecule has 0 saturated heterocycles. The van der Waals surface area contributed by atoms with Crippen molar-refractivity contribution in [2.75, 3.05) is 6.61 Å². The largest absolute Gasteiger partial charge is 0.481 e. The van der Waals surface area contributed by atoms with E-state index in [4.69, 9.17) is 15.9 Å². The number of rotatable bonds is 12. The molecule has 0 aliphatic carbocycles. The molecule has 8 N–H and O–H groups in total. The van der Waals surface area contributed by atoms with Gasteiger partial charge in [0, 0.05) is 0 Å². The maximum absolute atomic E-state index is 12.2. The molecule has 4 unspecified atom stereocenters. The summed E-state index contributed by atoms with van der Waals surface area (Å²) in [5.41, 5.74) is 5.38. The van der Waals surface area contributed by atoms with Gasteiger partial charge in [0.25, 0.3) is 0 Å². The van der Waals surface area contributed by atoms with Crippen molar-refractivity contribution in [2.45, 2.75) is 57.8 Å². The van der Waals surface area contributed by atoms with E-state index < -0.39 is 66.9 Å². The smallest absolute Gasteiger partial charge is 0.326 e. The molecule has 0 aromatic carbocycles. The fourth-order valence-corrected chi connectivity index (χ4v) is 2.12. The van der Waals surface area contributed by atoms with Gasteiger partial charge in [0.05, 0.1) is 19.1 Å². The summed E-state index contributed by atoms with van der Waals surface area (Å²) in [4.78, 5) is 57.7. The molecular weight excluding hydrogens is 376 g/mol. The number of nitrogens with one attached hydrogen (secondary N) is 3. The third-order valence-corrected chi connectivity index (χ3v) is 3.62. The number of hydrogen-bond donors (Lipinski definition) is 7. The molecular formula is C16H28N4O8. The Kier molecular flexibility index (Phi) is 10.7. The average Bonchev–Trinajstić information content (AvgIpc) is 2.57. The Morgan fingerprint density at radius 1 is 0.857 bits per heavy atom. The molecule has 0 aliphatic rings. The van der Waals surface area contributed by atoms with Crippen molar-refractivity contribution in [3.8, 4) is 0 Å². The predicted octanol–water partition coefficient (Wildman–Crippen LogP) is -2.61. The summed E-state index contributed by atoms with van der Waals surface area (Å²) >= 11 is 0. The van der Waals surface area contributed by atoms with Gasteiger partial charge in [-0.2, -0.15) is 0 Å². The van der Waals surface area contributed by atoms with Gasteiger partial charge in [0.15, 0.2) is 0 Å². The van der Waals surface area contributed by atoms with E-state index in [-0.39, 0.29) is 12.3 Å². The Labute approximate surface area is 161 Å². The van der Waals surface area contributed by atoms with Gasteiger partial charge in [-0.25, -0.2) is 4.79 Å². The van der Waals surface area contributed by atoms with E-state index in [2.05, 4.69) is 16.0 Å². The van der Waals surface area contributed by atoms with Crippen LogP contribution in [0.1, 0.15) is 33.6 Å². The average molecular weight is 404 g/mol. The number of aliphatic carboxylic acids is 2. The molecule has 0 radical (unpaired) electrons. The summed E-state index contributed by atoms with van der Waals surface area (Å²) in [5.74, 6) is -5.18. The van der Waals surface area contributed by atoms with Gasteiger partial charge in [0.1, 0.15) is 18.1 Å². The minimum absolute atomic E-state index is 0.0196. The highest BCUT2D eigenvalue weighted by atomic mass is 16.4. The van der Waals surface area contributed by atoms with E-state index in [1.165, 1.54) is 6.92 Å². The molecule has 4 atom stereocenters. The highest BCUT2D eigenvalue weighted by Crippen LogP contribution is 2.05. The molecule has 0 rings (SSSR count). The first-order valence-electron chi connectivity index (χ1n) is 8.61. The van der Waals surface area contributed by atoms with Crippen LogP contribution < -0.4 is 21.7 Å². The summed E-state index contributed by atoms with van der Waals surface area (Å²) < 4.78 is 0. The van der Waals surface area contributed by atoms with Crippen LogP contribution in [-0.4, -0.2) is 75.8 Å². The normalized spacial score (nSPS) is 15.1. The van der Waals surface area contributed by atoms with E-state index in [1.807, 2.05) is 0 Å². The topological polar surface area (TPSA) is 208 Å². The second kappa shape index (κ2) is 11.9. The molecule has 0 aromatic rings. The van der Waals surface area contributed by atoms with Gasteiger partial charge >= 0.3 is 11.9 Å². The Bertz CT molecular complexity index is 595. The number of carboxylic acids is 2. The zero-order chi connectivity index (χ0) is 22.0. The van der Waals surface area contributed by atoms with Crippen LogP contribution in [0.4, 0.5) is 0 Å². The van der Waals surface area contributed by atoms with Crippen LogP contribution in [-0.2, 0) is 24.0 Å². The molecule has 0 saturated carbocycles. The lowest BCUT2D eigenvalue weighted by molar-refractivity contribution is -0.143. The SMILES string of the molecule is CC(C)CC(NC(=O)C(CO)NC(=O)C(C)NC(=O)C(N)CC(=O)O)C(=O)O. The Balaban J connectivity index is 4.83. The number of carboxylic acid groups (broad SMARTS) is 2. The lowest BCUT2D eigenvalue weighted by Crippen LogP contribution is -2.57. The predicted molar refractivity (Wildman–Crippen MR) is 95.9 cm³/mol. The van der Waals surface area contributed by atoms with Crippen LogP contribution in [0.25, 0.3) is 0 Å². The molecule has 0 heterocycles. The second-order valence-electron chi connectivity index (χ2n) is 6.71. The molecule has 0 fully saturated rings. The van der Waals surface area contributed by atoms with Crippen molar-refractivity contribution in [1.82, 2.24) is 16.0 Å². The summed E-state index contributed by atoms with van der Waals surface area (Å²) in [6.45, 7) is 4.01. The number of aliphatic hydroxyl groups is 1. The molecule has 3 amide bonds. The van der Waals surface area contributed by atoms with Crippen LogP contribution in [0.15, 0.2) is 0 Å². The van der Waals surface area contributed by atoms with E-state index in [0.717, 1.165) is 0 Å². The number of hydrogen-bond acceptors (Lipinski definition) is 7. The van der Waals surface area contributed by atoms with E-state index in [9.17, 15) is 29.1 Å². The third-order valence-electron chi connectivity index (χ3n) is 3.62. The summed E-state index contributed by atoms with van der Waals surface area (Å²) in [7, 11) is 0. The fourth-order valence-electron chi connectivity index (χ4n) is 2.12. The molecule has 0 bridgehead atoms. The Hall–Kier alpha value is -2.73. The standard InChI is InChI=1S/C16H28N4O8/c1-7(2)4-10(16(27)28)19-15(26)11(6-21)20-13(24)8(3)18-14(25)9(17)5-12(22)23/h7-11,21H,4-6,17H2,1-3H3,(H,18,25)(H,19,26)(H,20,24)(H,22,23)(H,27,28). The van der Waals surface area contributed by atoms with Crippen molar-refractivity contribution in [3.63, 3.8) is 0 Å². The second-order valence-corrected chi connectivity index (χ2v) is 6.71. The van der Waals surface area contributed by atoms with Gasteiger partial charge in [-0.05, 0) is 19.3 Å². The van der Waals surface area contributed by atoms with E-state index >= 15 is 0 Å². The number of carbonyl (C=O) groups excluding carboxylic acids is 3. The molecule has 0 aliphatic heterocycles. The van der Waals surface area contributed by atoms with Gasteiger partial charge in [-0.15, -0.1) is 0 Å². The lowest BCUT2D eigenvalue weighted by atomic mass is 10.0. The van der Waals surface area contributed by atoms with Crippen molar-refractivity contribution in [2.24, 2.45) is 11.7 Å². The van der Waals surface area contributed by atoms with Crippen molar-refractivity contribution in [3.05, 3.63) is 0 Å². The summed E-state index contributed by atoms with van der Waals surface area (Å²) in [5, 5.41) is 33.7. The van der Waals surface area contributed by atoms with Gasteiger partial charge < -0.3 is 37.0 Å². The third kappa shape index (κ3) is 9.28. The minimum atomic E-state index is -1.44. The molecule has 28 heavy (non-hydrogen) atoms. The molecule has 12 nitrogen and oxygen atoms in total. The van der Waals surface area contributed by atoms with E-state index in [0.29, 0.717) is 0 Å². The zero-order valence-electron chi connectivity index (χ0n) is 16.0. The number of amides is 3. The van der Waals surface area contributed by atoms with Gasteiger partial charge in [-0.1, -0.05) is 13.8 Å². The minimum Gasteiger partial charge on any atom is -0.481 e. The molecule has 0 aromatic heterocycles. The van der Waals surface area contributed by atoms with Crippen LogP contribution in [0.5, 0.6) is 0 Å². The van der Waals surface area contributed by atoms with Crippen molar-refractivity contribution >= 4 is 29.7 Å². The molecule has 0 spiro atoms. The van der Waals surface area contributed by atoms with E-state index in [1.54, 1.807) is 13.8 Å². The van der Waals surface area contributed by atoms with Gasteiger partial charge in [0.2, 0.25) is 17.7 Å². The first-order chi connectivity index (χ1) is 12.9. The van der Waals surface area contributed by atoms with Crippen LogP contribution in [0.2, 0.25) is 0 Å². The Morgan fingerprint density at radius 3 is 1.82 bits per heavy atom. The highest BCUT2D eigenvalue weighted by Gasteiger charge is 2.29. The number of nitrogens with two attached hydrogens (primary N) is 1. The summed E-state index contributed by atoms with van der Waals surface area (Å²) in [6.07, 6.45) is -0.477. The van der Waals surface area contributed by atoms with Crippen molar-refractivity contribution < 1.29 is 39.3 Å². The lowest BCUT2D eigenvalue weighted by Gasteiger charge is -2.23. The molecule has 12 heteroatoms. The number of carbonyl (C=O) groups is 5. The fraction of sp³-hybridized carbons (Fsp3) is 0.688. The quantitative estimate of drug-likeness (QED) is 0.181. The molecule has 160 valence electrons. The maximum Gasteiger partial charge on any atom is 0.326 e. The first-order valence-corrected chi connectivity index (χ1v) is 8.61. The first kappa shape index (κ1) is 25.3. The van der Waals surface area contributed by atoms with Crippen LogP contribution >= 0.6 is 0 Å².